The number of nitrogens with one attached hydrogen (secondary N) is 1. The lowest BCUT2D eigenvalue weighted by atomic mass is 9.93. The summed E-state index contributed by atoms with van der Waals surface area (Å²) in [5.41, 5.74) is 2.83. The molecule has 170 valence electrons. The van der Waals surface area contributed by atoms with E-state index >= 15 is 0 Å². The van der Waals surface area contributed by atoms with Crippen LogP contribution in [-0.4, -0.2) is 23.6 Å². The Kier molecular flexibility index (Phi) is 7.30. The van der Waals surface area contributed by atoms with E-state index in [1.165, 1.54) is 31.7 Å². The van der Waals surface area contributed by atoms with Crippen LogP contribution in [0.1, 0.15) is 76.5 Å². The molecule has 0 aliphatic carbocycles. The first-order chi connectivity index (χ1) is 14.6. The van der Waals surface area contributed by atoms with Gasteiger partial charge in [0.2, 0.25) is 5.91 Å². The summed E-state index contributed by atoms with van der Waals surface area (Å²) < 4.78 is 42.3. The normalized spacial score (nSPS) is 17.8. The van der Waals surface area contributed by atoms with Gasteiger partial charge in [0.15, 0.2) is 0 Å². The fourth-order valence-corrected chi connectivity index (χ4v) is 4.36. The fraction of sp³-hybridized carbons (Fsp3) is 0.560. The zero-order chi connectivity index (χ0) is 22.6. The number of halogens is 3. The minimum atomic E-state index is -4.50. The molecule has 6 heteroatoms. The number of hydrogen-bond acceptors (Lipinski definition) is 2. The topological polar surface area (TPSA) is 32.3 Å². The Labute approximate surface area is 183 Å². The van der Waals surface area contributed by atoms with Crippen LogP contribution < -0.4 is 5.43 Å². The summed E-state index contributed by atoms with van der Waals surface area (Å²) in [7, 11) is 0. The highest BCUT2D eigenvalue weighted by molar-refractivity contribution is 5.87. The Morgan fingerprint density at radius 1 is 1.06 bits per heavy atom. The predicted octanol–water partition coefficient (Wildman–Crippen LogP) is 6.72. The Bertz CT molecular complexity index is 907. The van der Waals surface area contributed by atoms with E-state index in [0.29, 0.717) is 0 Å². The molecule has 1 aliphatic rings. The number of hydrogen-bond donors (Lipinski definition) is 1. The number of unbranched alkanes of at least 4 members (excludes halogenated alkanes) is 5. The molecule has 2 aromatic carbocycles. The highest BCUT2D eigenvalue weighted by atomic mass is 19.4. The molecule has 1 heterocycles. The van der Waals surface area contributed by atoms with Gasteiger partial charge in [0.25, 0.3) is 0 Å². The number of carbonyl (C=O) groups excluding carboxylic acids is 1. The van der Waals surface area contributed by atoms with Crippen LogP contribution in [-0.2, 0) is 11.2 Å². The molecule has 3 nitrogen and oxygen atoms in total. The first-order valence-corrected chi connectivity index (χ1v) is 11.3. The SMILES string of the molecule is CCCCCCCCc1cccc2ccc([C@H](N3CC(C)(C)C(=O)N3)C(F)(F)F)cc12. The van der Waals surface area contributed by atoms with Gasteiger partial charge in [0.05, 0.1) is 5.41 Å². The van der Waals surface area contributed by atoms with Crippen molar-refractivity contribution in [1.82, 2.24) is 10.4 Å². The number of amides is 1. The summed E-state index contributed by atoms with van der Waals surface area (Å²) in [5.74, 6) is -0.383. The average Bonchev–Trinajstić information content (AvgIpc) is 2.95. The van der Waals surface area contributed by atoms with Gasteiger partial charge in [-0.15, -0.1) is 0 Å². The minimum absolute atomic E-state index is 0.00739. The molecule has 1 N–H and O–H groups in total. The summed E-state index contributed by atoms with van der Waals surface area (Å²) in [6.07, 6.45) is 3.42. The van der Waals surface area contributed by atoms with Gasteiger partial charge in [0.1, 0.15) is 6.04 Å². The van der Waals surface area contributed by atoms with E-state index in [9.17, 15) is 18.0 Å². The third-order valence-corrected chi connectivity index (χ3v) is 6.16. The molecule has 0 spiro atoms. The maximum absolute atomic E-state index is 14.1. The summed E-state index contributed by atoms with van der Waals surface area (Å²) in [6.45, 7) is 5.52. The Hall–Kier alpha value is -2.08. The number of rotatable bonds is 9. The molecule has 3 rings (SSSR count). The van der Waals surface area contributed by atoms with Crippen LogP contribution in [0.2, 0.25) is 0 Å². The van der Waals surface area contributed by atoms with E-state index in [1.54, 1.807) is 26.0 Å². The lowest BCUT2D eigenvalue weighted by molar-refractivity contribution is -0.191. The van der Waals surface area contributed by atoms with Crippen molar-refractivity contribution in [3.8, 4) is 0 Å². The van der Waals surface area contributed by atoms with Crippen molar-refractivity contribution < 1.29 is 18.0 Å². The van der Waals surface area contributed by atoms with Gasteiger partial charge < -0.3 is 0 Å². The average molecular weight is 435 g/mol. The Balaban J connectivity index is 1.86. The van der Waals surface area contributed by atoms with Gasteiger partial charge in [-0.05, 0) is 54.7 Å². The number of alkyl halides is 3. The van der Waals surface area contributed by atoms with Crippen LogP contribution in [0.25, 0.3) is 10.8 Å². The lowest BCUT2D eigenvalue weighted by Crippen LogP contribution is -2.43. The second kappa shape index (κ2) is 9.60. The van der Waals surface area contributed by atoms with Gasteiger partial charge in [-0.3, -0.25) is 10.2 Å². The predicted molar refractivity (Wildman–Crippen MR) is 118 cm³/mol. The van der Waals surface area contributed by atoms with Gasteiger partial charge in [0, 0.05) is 6.54 Å². The molecule has 1 aliphatic heterocycles. The maximum atomic E-state index is 14.1. The van der Waals surface area contributed by atoms with E-state index < -0.39 is 17.6 Å². The van der Waals surface area contributed by atoms with Gasteiger partial charge >= 0.3 is 6.18 Å². The van der Waals surface area contributed by atoms with Crippen LogP contribution in [0.5, 0.6) is 0 Å². The van der Waals surface area contributed by atoms with Crippen molar-refractivity contribution in [3.05, 3.63) is 47.5 Å². The van der Waals surface area contributed by atoms with Crippen LogP contribution in [0.3, 0.4) is 0 Å². The van der Waals surface area contributed by atoms with Crippen molar-refractivity contribution in [2.45, 2.75) is 77.9 Å². The maximum Gasteiger partial charge on any atom is 0.409 e. The monoisotopic (exact) mass is 434 g/mol. The molecular formula is C25H33F3N2O. The highest BCUT2D eigenvalue weighted by Crippen LogP contribution is 2.41. The highest BCUT2D eigenvalue weighted by Gasteiger charge is 2.51. The molecule has 0 aromatic heterocycles. The molecule has 0 unspecified atom stereocenters. The second-order valence-electron chi connectivity index (χ2n) is 9.31. The van der Waals surface area contributed by atoms with Gasteiger partial charge in [-0.25, -0.2) is 5.01 Å². The van der Waals surface area contributed by atoms with E-state index in [-0.39, 0.29) is 18.0 Å². The molecule has 1 fully saturated rings. The van der Waals surface area contributed by atoms with Crippen LogP contribution in [0.15, 0.2) is 36.4 Å². The molecule has 1 atom stereocenters. The Morgan fingerprint density at radius 2 is 1.77 bits per heavy atom. The fourth-order valence-electron chi connectivity index (χ4n) is 4.36. The van der Waals surface area contributed by atoms with Gasteiger partial charge in [-0.2, -0.15) is 13.2 Å². The number of hydrazine groups is 1. The van der Waals surface area contributed by atoms with E-state index in [4.69, 9.17) is 0 Å². The lowest BCUT2D eigenvalue weighted by Gasteiger charge is -2.30. The third-order valence-electron chi connectivity index (χ3n) is 6.16. The number of aryl methyl sites for hydroxylation is 1. The van der Waals surface area contributed by atoms with Gasteiger partial charge in [-0.1, -0.05) is 69.4 Å². The number of benzene rings is 2. The van der Waals surface area contributed by atoms with Crippen molar-refractivity contribution >= 4 is 16.7 Å². The molecule has 2 aromatic rings. The Morgan fingerprint density at radius 3 is 2.42 bits per heavy atom. The largest absolute Gasteiger partial charge is 0.409 e. The first-order valence-electron chi connectivity index (χ1n) is 11.3. The second-order valence-corrected chi connectivity index (χ2v) is 9.31. The summed E-state index contributed by atoms with van der Waals surface area (Å²) in [4.78, 5) is 12.1. The van der Waals surface area contributed by atoms with Crippen LogP contribution in [0, 0.1) is 5.41 Å². The standard InChI is InChI=1S/C25H33F3N2O/c1-4-5-6-7-8-9-11-18-12-10-13-19-14-15-20(16-21(18)19)22(25(26,27)28)30-17-24(2,3)23(31)29-30/h10,12-16,22H,4-9,11,17H2,1-3H3,(H,29,31)/t22-/m0/s1. The molecule has 0 bridgehead atoms. The number of nitrogens with zero attached hydrogens (tertiary/aromatic N) is 1. The summed E-state index contributed by atoms with van der Waals surface area (Å²) >= 11 is 0. The van der Waals surface area contributed by atoms with E-state index in [1.807, 2.05) is 18.2 Å². The molecule has 1 saturated heterocycles. The van der Waals surface area contributed by atoms with Crippen molar-refractivity contribution in [2.24, 2.45) is 5.41 Å². The third kappa shape index (κ3) is 5.59. The summed E-state index contributed by atoms with van der Waals surface area (Å²) in [6, 6.07) is 9.01. The van der Waals surface area contributed by atoms with E-state index in [2.05, 4.69) is 12.3 Å². The van der Waals surface area contributed by atoms with Crippen molar-refractivity contribution in [1.29, 1.82) is 0 Å². The molecular weight excluding hydrogens is 401 g/mol. The molecule has 1 amide bonds. The number of carbonyl (C=O) groups is 1. The van der Waals surface area contributed by atoms with Crippen LogP contribution >= 0.6 is 0 Å². The van der Waals surface area contributed by atoms with Crippen molar-refractivity contribution in [2.75, 3.05) is 6.54 Å². The molecule has 0 radical (unpaired) electrons. The smallest absolute Gasteiger partial charge is 0.287 e. The minimum Gasteiger partial charge on any atom is -0.287 e. The zero-order valence-electron chi connectivity index (χ0n) is 18.7. The molecule has 0 saturated carbocycles. The first kappa shape index (κ1) is 23.6. The summed E-state index contributed by atoms with van der Waals surface area (Å²) in [5, 5.41) is 2.85. The quantitative estimate of drug-likeness (QED) is 0.444. The molecule has 31 heavy (non-hydrogen) atoms. The number of fused-ring (bicyclic) bond motifs is 1. The van der Waals surface area contributed by atoms with Crippen molar-refractivity contribution in [3.63, 3.8) is 0 Å². The van der Waals surface area contributed by atoms with E-state index in [0.717, 1.165) is 40.6 Å². The zero-order valence-corrected chi connectivity index (χ0v) is 18.7. The van der Waals surface area contributed by atoms with Crippen LogP contribution in [0.4, 0.5) is 13.2 Å².